The van der Waals surface area contributed by atoms with Crippen molar-refractivity contribution >= 4 is 12.0 Å². The molecule has 0 aromatic heterocycles. The van der Waals surface area contributed by atoms with Crippen LogP contribution in [0.15, 0.2) is 0 Å². The van der Waals surface area contributed by atoms with E-state index in [1.165, 1.54) is 0 Å². The van der Waals surface area contributed by atoms with Gasteiger partial charge in [-0.3, -0.25) is 0 Å². The van der Waals surface area contributed by atoms with E-state index in [0.717, 1.165) is 25.9 Å². The number of carbonyl (C=O) groups excluding carboxylic acids is 1. The van der Waals surface area contributed by atoms with Crippen molar-refractivity contribution in [3.8, 4) is 0 Å². The highest BCUT2D eigenvalue weighted by molar-refractivity contribution is 5.74. The molecule has 0 atom stereocenters. The van der Waals surface area contributed by atoms with E-state index in [1.54, 1.807) is 0 Å². The Hall–Kier alpha value is -1.34. The van der Waals surface area contributed by atoms with Gasteiger partial charge in [-0.1, -0.05) is 0 Å². The molecule has 7 nitrogen and oxygen atoms in total. The van der Waals surface area contributed by atoms with E-state index in [0.29, 0.717) is 6.54 Å². The van der Waals surface area contributed by atoms with Crippen molar-refractivity contribution < 1.29 is 19.4 Å². The molecule has 1 fully saturated rings. The Kier molecular flexibility index (Phi) is 6.34. The Morgan fingerprint density at radius 3 is 2.71 bits per heavy atom. The molecule has 1 saturated heterocycles. The predicted octanol–water partition coefficient (Wildman–Crippen LogP) is -0.861. The Balaban J connectivity index is 1.98. The fourth-order valence-electron chi connectivity index (χ4n) is 1.60. The van der Waals surface area contributed by atoms with Crippen LogP contribution in [0.1, 0.15) is 12.8 Å². The first-order chi connectivity index (χ1) is 8.18. The third-order valence-corrected chi connectivity index (χ3v) is 2.43. The molecule has 0 spiro atoms. The van der Waals surface area contributed by atoms with E-state index < -0.39 is 5.97 Å². The van der Waals surface area contributed by atoms with Crippen LogP contribution in [0.5, 0.6) is 0 Å². The molecule has 0 radical (unpaired) electrons. The average molecular weight is 245 g/mol. The van der Waals surface area contributed by atoms with Crippen molar-refractivity contribution in [3.63, 3.8) is 0 Å². The van der Waals surface area contributed by atoms with Gasteiger partial charge < -0.3 is 25.8 Å². The third kappa shape index (κ3) is 6.75. The zero-order valence-electron chi connectivity index (χ0n) is 9.70. The number of hydrogen-bond donors (Lipinski definition) is 4. The molecular weight excluding hydrogens is 226 g/mol. The highest BCUT2D eigenvalue weighted by Gasteiger charge is 2.14. The molecule has 1 heterocycles. The molecule has 0 saturated carbocycles. The number of carboxylic acids is 1. The average Bonchev–Trinajstić information content (AvgIpc) is 2.29. The van der Waals surface area contributed by atoms with Crippen LogP contribution in [0, 0.1) is 0 Å². The lowest BCUT2D eigenvalue weighted by atomic mass is 10.1. The van der Waals surface area contributed by atoms with Crippen molar-refractivity contribution in [2.75, 3.05) is 32.8 Å². The number of hydrogen-bond acceptors (Lipinski definition) is 4. The van der Waals surface area contributed by atoms with E-state index in [4.69, 9.17) is 9.84 Å². The molecule has 4 N–H and O–H groups in total. The van der Waals surface area contributed by atoms with Crippen molar-refractivity contribution in [3.05, 3.63) is 0 Å². The molecule has 0 aromatic rings. The molecule has 0 aromatic carbocycles. The summed E-state index contributed by atoms with van der Waals surface area (Å²) in [5.41, 5.74) is 0. The summed E-state index contributed by atoms with van der Waals surface area (Å²) in [6.45, 7) is 2.02. The second kappa shape index (κ2) is 7.86. The first-order valence-electron chi connectivity index (χ1n) is 5.73. The molecule has 1 aliphatic heterocycles. The van der Waals surface area contributed by atoms with Gasteiger partial charge in [0.15, 0.2) is 0 Å². The molecule has 0 aliphatic carbocycles. The van der Waals surface area contributed by atoms with Gasteiger partial charge in [0.25, 0.3) is 0 Å². The first kappa shape index (κ1) is 13.7. The fourth-order valence-corrected chi connectivity index (χ4v) is 1.60. The number of aliphatic carboxylic acids is 1. The van der Waals surface area contributed by atoms with Crippen LogP contribution in [0.2, 0.25) is 0 Å². The van der Waals surface area contributed by atoms with E-state index in [1.807, 2.05) is 0 Å². The summed E-state index contributed by atoms with van der Waals surface area (Å²) in [5, 5.41) is 17.0. The van der Waals surface area contributed by atoms with Gasteiger partial charge >= 0.3 is 12.0 Å². The Morgan fingerprint density at radius 2 is 2.06 bits per heavy atom. The van der Waals surface area contributed by atoms with Gasteiger partial charge in [0.1, 0.15) is 6.61 Å². The van der Waals surface area contributed by atoms with Crippen LogP contribution in [-0.4, -0.2) is 56.0 Å². The Labute approximate surface area is 99.9 Å². The summed E-state index contributed by atoms with van der Waals surface area (Å²) in [6, 6.07) is -0.00740. The number of nitrogens with one attached hydrogen (secondary N) is 3. The van der Waals surface area contributed by atoms with Gasteiger partial charge in [0.05, 0.1) is 6.61 Å². The van der Waals surface area contributed by atoms with Gasteiger partial charge in [0.2, 0.25) is 0 Å². The molecule has 1 aliphatic rings. The summed E-state index contributed by atoms with van der Waals surface area (Å²) in [4.78, 5) is 21.5. The second-order valence-electron chi connectivity index (χ2n) is 3.87. The number of rotatable bonds is 6. The molecule has 98 valence electrons. The van der Waals surface area contributed by atoms with Crippen LogP contribution in [0.3, 0.4) is 0 Å². The maximum absolute atomic E-state index is 11.4. The lowest BCUT2D eigenvalue weighted by molar-refractivity contribution is -0.142. The summed E-state index contributed by atoms with van der Waals surface area (Å²) < 4.78 is 4.78. The zero-order chi connectivity index (χ0) is 12.5. The molecule has 0 unspecified atom stereocenters. The van der Waals surface area contributed by atoms with Gasteiger partial charge in [0, 0.05) is 12.6 Å². The number of amides is 2. The normalized spacial score (nSPS) is 16.5. The van der Waals surface area contributed by atoms with Crippen LogP contribution < -0.4 is 16.0 Å². The van der Waals surface area contributed by atoms with Crippen LogP contribution in [0.25, 0.3) is 0 Å². The number of piperidine rings is 1. The number of urea groups is 1. The molecule has 17 heavy (non-hydrogen) atoms. The molecule has 7 heteroatoms. The highest BCUT2D eigenvalue weighted by Crippen LogP contribution is 2.00. The Morgan fingerprint density at radius 1 is 1.35 bits per heavy atom. The lowest BCUT2D eigenvalue weighted by Crippen LogP contribution is -2.47. The standard InChI is InChI=1S/C10H19N3O4/c14-9(15)7-17-6-5-12-10(16)13-8-1-3-11-4-2-8/h8,11H,1-7H2,(H,14,15)(H2,12,13,16). The summed E-state index contributed by atoms with van der Waals surface area (Å²) in [6.07, 6.45) is 1.87. The van der Waals surface area contributed by atoms with E-state index in [-0.39, 0.29) is 25.3 Å². The minimum atomic E-state index is -1.01. The molecule has 2 amide bonds. The van der Waals surface area contributed by atoms with Crippen LogP contribution in [-0.2, 0) is 9.53 Å². The van der Waals surface area contributed by atoms with E-state index in [2.05, 4.69) is 16.0 Å². The van der Waals surface area contributed by atoms with Gasteiger partial charge in [-0.2, -0.15) is 0 Å². The van der Waals surface area contributed by atoms with Crippen molar-refractivity contribution in [2.45, 2.75) is 18.9 Å². The number of carbonyl (C=O) groups is 2. The highest BCUT2D eigenvalue weighted by atomic mass is 16.5. The molecular formula is C10H19N3O4. The number of ether oxygens (including phenoxy) is 1. The fraction of sp³-hybridized carbons (Fsp3) is 0.800. The predicted molar refractivity (Wildman–Crippen MR) is 60.9 cm³/mol. The third-order valence-electron chi connectivity index (χ3n) is 2.43. The first-order valence-corrected chi connectivity index (χ1v) is 5.73. The smallest absolute Gasteiger partial charge is 0.329 e. The quantitative estimate of drug-likeness (QED) is 0.456. The topological polar surface area (TPSA) is 99.7 Å². The van der Waals surface area contributed by atoms with Gasteiger partial charge in [-0.05, 0) is 25.9 Å². The summed E-state index contributed by atoms with van der Waals surface area (Å²) in [7, 11) is 0. The van der Waals surface area contributed by atoms with E-state index >= 15 is 0 Å². The second-order valence-corrected chi connectivity index (χ2v) is 3.87. The largest absolute Gasteiger partial charge is 0.480 e. The molecule has 0 bridgehead atoms. The van der Waals surface area contributed by atoms with Crippen LogP contribution >= 0.6 is 0 Å². The van der Waals surface area contributed by atoms with Crippen molar-refractivity contribution in [1.82, 2.24) is 16.0 Å². The number of carboxylic acid groups (broad SMARTS) is 1. The maximum Gasteiger partial charge on any atom is 0.329 e. The lowest BCUT2D eigenvalue weighted by Gasteiger charge is -2.23. The summed E-state index contributed by atoms with van der Waals surface area (Å²) >= 11 is 0. The minimum absolute atomic E-state index is 0.200. The Bertz CT molecular complexity index is 254. The molecule has 1 rings (SSSR count). The van der Waals surface area contributed by atoms with Crippen molar-refractivity contribution in [1.29, 1.82) is 0 Å². The summed E-state index contributed by atoms with van der Waals surface area (Å²) in [5.74, 6) is -1.01. The van der Waals surface area contributed by atoms with Crippen molar-refractivity contribution in [2.24, 2.45) is 0 Å². The zero-order valence-corrected chi connectivity index (χ0v) is 9.70. The van der Waals surface area contributed by atoms with E-state index in [9.17, 15) is 9.59 Å². The monoisotopic (exact) mass is 245 g/mol. The van der Waals surface area contributed by atoms with Gasteiger partial charge in [-0.25, -0.2) is 9.59 Å². The van der Waals surface area contributed by atoms with Crippen LogP contribution in [0.4, 0.5) is 4.79 Å². The SMILES string of the molecule is O=C(O)COCCNC(=O)NC1CCNCC1. The van der Waals surface area contributed by atoms with Gasteiger partial charge in [-0.15, -0.1) is 0 Å². The minimum Gasteiger partial charge on any atom is -0.480 e. The maximum atomic E-state index is 11.4.